The highest BCUT2D eigenvalue weighted by Gasteiger charge is 2.45. The Labute approximate surface area is 70.0 Å². The minimum atomic E-state index is -4.56. The zero-order chi connectivity index (χ0) is 8.77. The molecule has 1 saturated heterocycles. The average Bonchev–Trinajstić information content (AvgIpc) is 1.67. The molecule has 1 nitrogen and oxygen atoms in total. The van der Waals surface area contributed by atoms with Crippen LogP contribution in [0.5, 0.6) is 0 Å². The topological polar surface area (TPSA) is 3.24 Å². The van der Waals surface area contributed by atoms with E-state index in [2.05, 4.69) is 0 Å². The molecule has 0 bridgehead atoms. The second-order valence-electron chi connectivity index (χ2n) is 3.92. The van der Waals surface area contributed by atoms with Crippen molar-refractivity contribution in [2.75, 3.05) is 13.1 Å². The van der Waals surface area contributed by atoms with Crippen molar-refractivity contribution < 1.29 is 12.9 Å². The van der Waals surface area contributed by atoms with Crippen LogP contribution in [0, 0.1) is 0 Å². The van der Waals surface area contributed by atoms with Crippen molar-refractivity contribution in [3.05, 3.63) is 0 Å². The lowest BCUT2D eigenvalue weighted by Gasteiger charge is -2.51. The van der Waals surface area contributed by atoms with Crippen molar-refractivity contribution in [3.63, 3.8) is 0 Å². The first kappa shape index (κ1) is 8.41. The van der Waals surface area contributed by atoms with Gasteiger partial charge in [0.2, 0.25) is 0 Å². The predicted octanol–water partition coefficient (Wildman–Crippen LogP) is 2.07. The van der Waals surface area contributed by atoms with E-state index in [0.29, 0.717) is 6.04 Å². The van der Waals surface area contributed by atoms with Crippen LogP contribution in [0.2, 0.25) is 5.82 Å². The van der Waals surface area contributed by atoms with Crippen molar-refractivity contribution in [2.45, 2.75) is 31.1 Å². The highest BCUT2D eigenvalue weighted by molar-refractivity contribution is 6.60. The summed E-state index contributed by atoms with van der Waals surface area (Å²) in [6, 6.07) is 0.486. The van der Waals surface area contributed by atoms with E-state index in [0.717, 1.165) is 12.8 Å². The standard InChI is InChI=1S/C7H12BF3N/c9-8(10,11)6-4-12(5-6)7-2-1-3-7/h6-7H,1-5H2/q-1. The van der Waals surface area contributed by atoms with Gasteiger partial charge in [0.1, 0.15) is 0 Å². The number of hydrogen-bond acceptors (Lipinski definition) is 1. The van der Waals surface area contributed by atoms with Gasteiger partial charge in [0.25, 0.3) is 0 Å². The minimum absolute atomic E-state index is 0.272. The van der Waals surface area contributed by atoms with Crippen molar-refractivity contribution in [3.8, 4) is 0 Å². The molecule has 0 atom stereocenters. The molecule has 0 spiro atoms. The molecule has 5 heteroatoms. The fourth-order valence-corrected chi connectivity index (χ4v) is 1.84. The Bertz CT molecular complexity index is 172. The van der Waals surface area contributed by atoms with E-state index in [-0.39, 0.29) is 13.1 Å². The number of nitrogens with zero attached hydrogens (tertiary/aromatic N) is 1. The lowest BCUT2D eigenvalue weighted by Crippen LogP contribution is -2.56. The smallest absolute Gasteiger partial charge is 0.449 e. The van der Waals surface area contributed by atoms with E-state index in [1.54, 1.807) is 0 Å². The zero-order valence-corrected chi connectivity index (χ0v) is 6.85. The summed E-state index contributed by atoms with van der Waals surface area (Å²) < 4.78 is 36.3. The van der Waals surface area contributed by atoms with Gasteiger partial charge in [-0.25, -0.2) is 0 Å². The summed E-state index contributed by atoms with van der Waals surface area (Å²) in [5, 5.41) is 0. The van der Waals surface area contributed by atoms with Crippen LogP contribution in [0.15, 0.2) is 0 Å². The van der Waals surface area contributed by atoms with Gasteiger partial charge in [-0.15, -0.1) is 0 Å². The van der Waals surface area contributed by atoms with Crippen LogP contribution < -0.4 is 0 Å². The molecule has 1 aliphatic heterocycles. The van der Waals surface area contributed by atoms with E-state index in [1.165, 1.54) is 6.42 Å². The first-order valence-corrected chi connectivity index (χ1v) is 4.51. The molecule has 2 aliphatic rings. The Morgan fingerprint density at radius 1 is 1.08 bits per heavy atom. The van der Waals surface area contributed by atoms with Gasteiger partial charge in [-0.05, 0) is 31.7 Å². The van der Waals surface area contributed by atoms with Gasteiger partial charge in [0, 0.05) is 6.04 Å². The molecule has 0 amide bonds. The monoisotopic (exact) mass is 178 g/mol. The molecule has 0 unspecified atom stereocenters. The summed E-state index contributed by atoms with van der Waals surface area (Å²) in [7, 11) is 0. The van der Waals surface area contributed by atoms with Crippen LogP contribution in [0.4, 0.5) is 12.9 Å². The van der Waals surface area contributed by atoms with Crippen molar-refractivity contribution in [1.82, 2.24) is 4.90 Å². The van der Waals surface area contributed by atoms with Gasteiger partial charge >= 0.3 is 6.98 Å². The molecule has 1 aliphatic carbocycles. The highest BCUT2D eigenvalue weighted by atomic mass is 19.4. The maximum atomic E-state index is 12.1. The minimum Gasteiger partial charge on any atom is -0.449 e. The zero-order valence-electron chi connectivity index (χ0n) is 6.85. The number of halogens is 3. The Kier molecular flexibility index (Phi) is 1.86. The van der Waals surface area contributed by atoms with Crippen LogP contribution in [0.25, 0.3) is 0 Å². The third-order valence-electron chi connectivity index (χ3n) is 3.06. The molecule has 2 rings (SSSR count). The quantitative estimate of drug-likeness (QED) is 0.585. The lowest BCUT2D eigenvalue weighted by atomic mass is 9.66. The van der Waals surface area contributed by atoms with Gasteiger partial charge in [0.05, 0.1) is 0 Å². The Balaban J connectivity index is 1.76. The molecule has 12 heavy (non-hydrogen) atoms. The van der Waals surface area contributed by atoms with Gasteiger partial charge < -0.3 is 17.8 Å². The number of rotatable bonds is 2. The molecule has 0 radical (unpaired) electrons. The van der Waals surface area contributed by atoms with E-state index in [4.69, 9.17) is 0 Å². The summed E-state index contributed by atoms with van der Waals surface area (Å²) >= 11 is 0. The average molecular weight is 178 g/mol. The normalized spacial score (nSPS) is 28.2. The summed E-state index contributed by atoms with van der Waals surface area (Å²) in [6.45, 7) is -4.01. The van der Waals surface area contributed by atoms with Crippen LogP contribution in [0.3, 0.4) is 0 Å². The summed E-state index contributed by atoms with van der Waals surface area (Å²) in [6.07, 6.45) is 3.41. The molecular weight excluding hydrogens is 166 g/mol. The molecule has 0 N–H and O–H groups in total. The lowest BCUT2D eigenvalue weighted by molar-refractivity contribution is 0.0555. The predicted molar refractivity (Wildman–Crippen MR) is 42.0 cm³/mol. The van der Waals surface area contributed by atoms with Gasteiger partial charge in [-0.2, -0.15) is 0 Å². The summed E-state index contributed by atoms with van der Waals surface area (Å²) in [4.78, 5) is 1.98. The molecule has 1 saturated carbocycles. The van der Waals surface area contributed by atoms with Crippen molar-refractivity contribution in [1.29, 1.82) is 0 Å². The molecular formula is C7H12BF3N-. The van der Waals surface area contributed by atoms with Crippen molar-refractivity contribution in [2.24, 2.45) is 0 Å². The second-order valence-corrected chi connectivity index (χ2v) is 3.92. The molecule has 0 aromatic heterocycles. The molecule has 1 heterocycles. The Morgan fingerprint density at radius 2 is 1.67 bits per heavy atom. The van der Waals surface area contributed by atoms with Crippen LogP contribution in [-0.2, 0) is 0 Å². The first-order chi connectivity index (χ1) is 5.57. The number of likely N-dealkylation sites (tertiary alicyclic amines) is 1. The van der Waals surface area contributed by atoms with E-state index in [1.807, 2.05) is 4.90 Å². The maximum absolute atomic E-state index is 12.1. The van der Waals surface area contributed by atoms with E-state index >= 15 is 0 Å². The first-order valence-electron chi connectivity index (χ1n) is 4.51. The van der Waals surface area contributed by atoms with Gasteiger partial charge in [0.15, 0.2) is 0 Å². The van der Waals surface area contributed by atoms with E-state index in [9.17, 15) is 12.9 Å². The van der Waals surface area contributed by atoms with Crippen molar-refractivity contribution >= 4 is 6.98 Å². The number of hydrogen-bond donors (Lipinski definition) is 0. The van der Waals surface area contributed by atoms with Crippen LogP contribution in [-0.4, -0.2) is 31.0 Å². The van der Waals surface area contributed by atoms with E-state index < -0.39 is 12.8 Å². The summed E-state index contributed by atoms with van der Waals surface area (Å²) in [5.74, 6) is -0.981. The third-order valence-corrected chi connectivity index (χ3v) is 3.06. The fraction of sp³-hybridized carbons (Fsp3) is 1.00. The summed E-state index contributed by atoms with van der Waals surface area (Å²) in [5.41, 5.74) is 0. The Morgan fingerprint density at radius 3 is 2.00 bits per heavy atom. The highest BCUT2D eigenvalue weighted by Crippen LogP contribution is 2.39. The fourth-order valence-electron chi connectivity index (χ4n) is 1.84. The second kappa shape index (κ2) is 2.65. The van der Waals surface area contributed by atoms with Gasteiger partial charge in [-0.3, -0.25) is 0 Å². The molecule has 70 valence electrons. The van der Waals surface area contributed by atoms with Gasteiger partial charge in [-0.1, -0.05) is 6.42 Å². The van der Waals surface area contributed by atoms with Crippen LogP contribution in [0.1, 0.15) is 19.3 Å². The third kappa shape index (κ3) is 1.34. The maximum Gasteiger partial charge on any atom is 0.483 e. The SMILES string of the molecule is F[B-](F)(F)C1CN(C2CCC2)C1. The Hall–Kier alpha value is -0.185. The molecule has 2 fully saturated rings. The van der Waals surface area contributed by atoms with Crippen LogP contribution >= 0.6 is 0 Å². The molecule has 0 aromatic rings. The largest absolute Gasteiger partial charge is 0.483 e. The molecule has 0 aromatic carbocycles.